The van der Waals surface area contributed by atoms with Gasteiger partial charge in [0, 0.05) is 37.1 Å². The smallest absolute Gasteiger partial charge is 0.270 e. The maximum atomic E-state index is 12.8. The minimum absolute atomic E-state index is 0.0348. The van der Waals surface area contributed by atoms with Crippen molar-refractivity contribution in [1.29, 1.82) is 0 Å². The molecule has 6 nitrogen and oxygen atoms in total. The van der Waals surface area contributed by atoms with E-state index in [4.69, 9.17) is 5.11 Å². The second-order valence-corrected chi connectivity index (χ2v) is 6.01. The highest BCUT2D eigenvalue weighted by Crippen LogP contribution is 2.24. The summed E-state index contributed by atoms with van der Waals surface area (Å²) in [6.45, 7) is 5.40. The highest BCUT2D eigenvalue weighted by Gasteiger charge is 2.26. The van der Waals surface area contributed by atoms with Gasteiger partial charge in [-0.1, -0.05) is 11.6 Å². The van der Waals surface area contributed by atoms with Crippen molar-refractivity contribution in [3.8, 4) is 0 Å². The van der Waals surface area contributed by atoms with Gasteiger partial charge in [-0.05, 0) is 31.5 Å². The fourth-order valence-corrected chi connectivity index (χ4v) is 3.07. The Balaban J connectivity index is 1.79. The van der Waals surface area contributed by atoms with Crippen molar-refractivity contribution >= 4 is 22.7 Å². The highest BCUT2D eigenvalue weighted by atomic mass is 16.3. The Morgan fingerprint density at radius 2 is 1.78 bits per heavy atom. The first-order valence-corrected chi connectivity index (χ1v) is 7.78. The molecule has 2 amide bonds. The third kappa shape index (κ3) is 2.82. The van der Waals surface area contributed by atoms with E-state index in [1.807, 2.05) is 26.0 Å². The number of rotatable bonds is 2. The molecule has 2 N–H and O–H groups in total. The van der Waals surface area contributed by atoms with Crippen LogP contribution < -0.4 is 0 Å². The summed E-state index contributed by atoms with van der Waals surface area (Å²) in [5, 5.41) is 9.97. The van der Waals surface area contributed by atoms with Gasteiger partial charge in [0.15, 0.2) is 0 Å². The summed E-state index contributed by atoms with van der Waals surface area (Å²) in [5.74, 6) is -0.318. The number of H-pyrrole nitrogens is 1. The lowest BCUT2D eigenvalue weighted by Crippen LogP contribution is -2.51. The lowest BCUT2D eigenvalue weighted by Gasteiger charge is -2.34. The number of aryl methyl sites for hydroxylation is 2. The molecule has 23 heavy (non-hydrogen) atoms. The molecule has 0 aliphatic carbocycles. The molecule has 2 heterocycles. The Kier molecular flexibility index (Phi) is 4.09. The van der Waals surface area contributed by atoms with E-state index in [0.29, 0.717) is 31.9 Å². The monoisotopic (exact) mass is 315 g/mol. The van der Waals surface area contributed by atoms with Crippen LogP contribution in [0.3, 0.4) is 0 Å². The van der Waals surface area contributed by atoms with E-state index < -0.39 is 6.61 Å². The number of aliphatic hydroxyl groups excluding tert-OH is 1. The van der Waals surface area contributed by atoms with E-state index in [2.05, 4.69) is 11.1 Å². The second kappa shape index (κ2) is 6.04. The second-order valence-electron chi connectivity index (χ2n) is 6.01. The van der Waals surface area contributed by atoms with E-state index in [0.717, 1.165) is 22.0 Å². The standard InChI is InChI=1S/C17H21N3O3/c1-11-3-4-14-13(9-11)12(2)16(18-14)17(23)20-7-5-19(6-8-20)15(22)10-21/h3-4,9,18,21H,5-8,10H2,1-2H3. The third-order valence-corrected chi connectivity index (χ3v) is 4.48. The lowest BCUT2D eigenvalue weighted by atomic mass is 10.1. The van der Waals surface area contributed by atoms with E-state index in [1.54, 1.807) is 9.80 Å². The van der Waals surface area contributed by atoms with Crippen LogP contribution in [0.4, 0.5) is 0 Å². The molecule has 0 spiro atoms. The van der Waals surface area contributed by atoms with Crippen molar-refractivity contribution in [3.63, 3.8) is 0 Å². The van der Waals surface area contributed by atoms with Crippen LogP contribution in [0.1, 0.15) is 21.6 Å². The molecule has 0 unspecified atom stereocenters. The number of benzene rings is 1. The molecule has 1 aliphatic rings. The zero-order valence-corrected chi connectivity index (χ0v) is 13.4. The number of carbonyl (C=O) groups excluding carboxylic acids is 2. The number of aromatic nitrogens is 1. The van der Waals surface area contributed by atoms with Crippen LogP contribution in [0, 0.1) is 13.8 Å². The predicted octanol–water partition coefficient (Wildman–Crippen LogP) is 1.06. The number of fused-ring (bicyclic) bond motifs is 1. The van der Waals surface area contributed by atoms with Gasteiger partial charge in [0.25, 0.3) is 5.91 Å². The van der Waals surface area contributed by atoms with E-state index in [9.17, 15) is 9.59 Å². The molecule has 2 aromatic rings. The number of aromatic amines is 1. The summed E-state index contributed by atoms with van der Waals surface area (Å²) in [6.07, 6.45) is 0. The van der Waals surface area contributed by atoms with Crippen LogP contribution >= 0.6 is 0 Å². The molecule has 0 bridgehead atoms. The van der Waals surface area contributed by atoms with Crippen molar-refractivity contribution in [2.45, 2.75) is 13.8 Å². The van der Waals surface area contributed by atoms with Gasteiger partial charge < -0.3 is 19.9 Å². The molecule has 0 radical (unpaired) electrons. The first-order valence-electron chi connectivity index (χ1n) is 7.78. The van der Waals surface area contributed by atoms with Gasteiger partial charge in [0.2, 0.25) is 5.91 Å². The Labute approximate surface area is 134 Å². The normalized spacial score (nSPS) is 15.3. The Bertz CT molecular complexity index is 758. The number of amides is 2. The average molecular weight is 315 g/mol. The zero-order valence-electron chi connectivity index (χ0n) is 13.4. The fourth-order valence-electron chi connectivity index (χ4n) is 3.07. The number of nitrogens with zero attached hydrogens (tertiary/aromatic N) is 2. The quantitative estimate of drug-likeness (QED) is 0.870. The van der Waals surface area contributed by atoms with Crippen molar-refractivity contribution in [1.82, 2.24) is 14.8 Å². The SMILES string of the molecule is Cc1ccc2[nH]c(C(=O)N3CCN(C(=O)CO)CC3)c(C)c2c1. The number of nitrogens with one attached hydrogen (secondary N) is 1. The van der Waals surface area contributed by atoms with E-state index in [-0.39, 0.29) is 11.8 Å². The minimum Gasteiger partial charge on any atom is -0.387 e. The van der Waals surface area contributed by atoms with Crippen LogP contribution in [-0.4, -0.2) is 64.5 Å². The van der Waals surface area contributed by atoms with Crippen LogP contribution in [0.5, 0.6) is 0 Å². The van der Waals surface area contributed by atoms with Crippen molar-refractivity contribution in [2.24, 2.45) is 0 Å². The summed E-state index contributed by atoms with van der Waals surface area (Å²) in [4.78, 5) is 30.8. The maximum Gasteiger partial charge on any atom is 0.270 e. The van der Waals surface area contributed by atoms with Gasteiger partial charge >= 0.3 is 0 Å². The number of aliphatic hydroxyl groups is 1. The van der Waals surface area contributed by atoms with Gasteiger partial charge in [-0.15, -0.1) is 0 Å². The Morgan fingerprint density at radius 3 is 2.43 bits per heavy atom. The van der Waals surface area contributed by atoms with Crippen LogP contribution in [-0.2, 0) is 4.79 Å². The topological polar surface area (TPSA) is 76.6 Å². The molecule has 3 rings (SSSR count). The fraction of sp³-hybridized carbons (Fsp3) is 0.412. The molecule has 1 fully saturated rings. The van der Waals surface area contributed by atoms with Crippen LogP contribution in [0.2, 0.25) is 0 Å². The molecule has 1 aromatic heterocycles. The first-order chi connectivity index (χ1) is 11.0. The summed E-state index contributed by atoms with van der Waals surface area (Å²) in [6, 6.07) is 6.09. The first kappa shape index (κ1) is 15.6. The molecule has 0 atom stereocenters. The van der Waals surface area contributed by atoms with E-state index >= 15 is 0 Å². The average Bonchev–Trinajstić information content (AvgIpc) is 2.90. The summed E-state index contributed by atoms with van der Waals surface area (Å²) < 4.78 is 0. The van der Waals surface area contributed by atoms with Crippen molar-refractivity contribution < 1.29 is 14.7 Å². The zero-order chi connectivity index (χ0) is 16.6. The lowest BCUT2D eigenvalue weighted by molar-refractivity contribution is -0.135. The van der Waals surface area contributed by atoms with Crippen LogP contribution in [0.25, 0.3) is 10.9 Å². The van der Waals surface area contributed by atoms with Gasteiger partial charge in [-0.25, -0.2) is 0 Å². The molecular formula is C17H21N3O3. The number of piperazine rings is 1. The van der Waals surface area contributed by atoms with Gasteiger partial charge in [0.05, 0.1) is 0 Å². The summed E-state index contributed by atoms with van der Waals surface area (Å²) in [7, 11) is 0. The van der Waals surface area contributed by atoms with E-state index in [1.165, 1.54) is 0 Å². The van der Waals surface area contributed by atoms with Crippen molar-refractivity contribution in [2.75, 3.05) is 32.8 Å². The number of hydrogen-bond acceptors (Lipinski definition) is 3. The minimum atomic E-state index is -0.478. The van der Waals surface area contributed by atoms with Crippen molar-refractivity contribution in [3.05, 3.63) is 35.0 Å². The molecule has 1 aliphatic heterocycles. The maximum absolute atomic E-state index is 12.8. The highest BCUT2D eigenvalue weighted by molar-refractivity contribution is 6.01. The molecule has 122 valence electrons. The molecule has 6 heteroatoms. The summed E-state index contributed by atoms with van der Waals surface area (Å²) in [5.41, 5.74) is 3.70. The van der Waals surface area contributed by atoms with Gasteiger partial charge in [0.1, 0.15) is 12.3 Å². The third-order valence-electron chi connectivity index (χ3n) is 4.48. The van der Waals surface area contributed by atoms with Gasteiger partial charge in [-0.3, -0.25) is 9.59 Å². The van der Waals surface area contributed by atoms with Crippen LogP contribution in [0.15, 0.2) is 18.2 Å². The molecule has 1 aromatic carbocycles. The predicted molar refractivity (Wildman–Crippen MR) is 87.3 cm³/mol. The molecular weight excluding hydrogens is 294 g/mol. The number of hydrogen-bond donors (Lipinski definition) is 2. The summed E-state index contributed by atoms with van der Waals surface area (Å²) >= 11 is 0. The molecule has 1 saturated heterocycles. The Morgan fingerprint density at radius 1 is 1.13 bits per heavy atom. The number of carbonyl (C=O) groups is 2. The molecule has 0 saturated carbocycles. The Hall–Kier alpha value is -2.34. The van der Waals surface area contributed by atoms with Gasteiger partial charge in [-0.2, -0.15) is 0 Å². The largest absolute Gasteiger partial charge is 0.387 e.